The highest BCUT2D eigenvalue weighted by atomic mass is 79.9. The van der Waals surface area contributed by atoms with Crippen molar-refractivity contribution in [2.45, 2.75) is 13.8 Å². The molecule has 0 aliphatic heterocycles. The van der Waals surface area contributed by atoms with Crippen LogP contribution in [0.2, 0.25) is 0 Å². The van der Waals surface area contributed by atoms with Gasteiger partial charge in [0.1, 0.15) is 0 Å². The second kappa shape index (κ2) is 4.46. The van der Waals surface area contributed by atoms with Crippen LogP contribution in [-0.2, 0) is 4.79 Å². The molecule has 1 aromatic carbocycles. The largest absolute Gasteiger partial charge is 0.376 e. The number of benzene rings is 1. The Kier molecular flexibility index (Phi) is 3.52. The van der Waals surface area contributed by atoms with E-state index in [-0.39, 0.29) is 12.5 Å². The van der Waals surface area contributed by atoms with E-state index in [1.807, 2.05) is 26.0 Å². The van der Waals surface area contributed by atoms with Crippen LogP contribution in [0.3, 0.4) is 0 Å². The number of halogens is 1. The van der Waals surface area contributed by atoms with Crippen LogP contribution in [0, 0.1) is 13.8 Å². The second-order valence-corrected chi connectivity index (χ2v) is 4.04. The molecule has 0 saturated heterocycles. The summed E-state index contributed by atoms with van der Waals surface area (Å²) < 4.78 is 1.10. The zero-order valence-corrected chi connectivity index (χ0v) is 9.81. The fourth-order valence-corrected chi connectivity index (χ4v) is 1.47. The summed E-state index contributed by atoms with van der Waals surface area (Å²) in [4.78, 5) is 10.6. The maximum absolute atomic E-state index is 10.6. The van der Waals surface area contributed by atoms with E-state index < -0.39 is 0 Å². The molecule has 0 aliphatic rings. The lowest BCUT2D eigenvalue weighted by atomic mass is 10.1. The fourth-order valence-electron chi connectivity index (χ4n) is 1.24. The molecule has 0 heterocycles. The van der Waals surface area contributed by atoms with Crippen LogP contribution in [-0.4, -0.2) is 12.5 Å². The van der Waals surface area contributed by atoms with Crippen LogP contribution in [0.5, 0.6) is 0 Å². The first-order chi connectivity index (χ1) is 6.50. The third-order valence-electron chi connectivity index (χ3n) is 1.90. The summed E-state index contributed by atoms with van der Waals surface area (Å²) in [6, 6.07) is 3.94. The van der Waals surface area contributed by atoms with Crippen molar-refractivity contribution in [3.8, 4) is 0 Å². The zero-order valence-electron chi connectivity index (χ0n) is 8.23. The minimum absolute atomic E-state index is 0.167. The molecule has 1 aromatic rings. The van der Waals surface area contributed by atoms with Gasteiger partial charge in [-0.1, -0.05) is 15.9 Å². The predicted molar refractivity (Wildman–Crippen MR) is 61.3 cm³/mol. The molecule has 0 radical (unpaired) electrons. The van der Waals surface area contributed by atoms with Crippen molar-refractivity contribution < 1.29 is 4.79 Å². The SMILES string of the molecule is Cc1cc(NCC(N)=O)cc(C)c1Br. The number of anilines is 1. The van der Waals surface area contributed by atoms with E-state index in [0.29, 0.717) is 0 Å². The maximum atomic E-state index is 10.6. The molecule has 0 atom stereocenters. The van der Waals surface area contributed by atoms with Gasteiger partial charge in [-0.25, -0.2) is 0 Å². The molecule has 0 aromatic heterocycles. The van der Waals surface area contributed by atoms with Crippen LogP contribution in [0.4, 0.5) is 5.69 Å². The van der Waals surface area contributed by atoms with Gasteiger partial charge in [-0.2, -0.15) is 0 Å². The number of aryl methyl sites for hydroxylation is 2. The van der Waals surface area contributed by atoms with E-state index in [0.717, 1.165) is 21.3 Å². The van der Waals surface area contributed by atoms with Gasteiger partial charge in [0.15, 0.2) is 0 Å². The molecule has 0 fully saturated rings. The molecule has 0 saturated carbocycles. The molecule has 0 aliphatic carbocycles. The molecular formula is C10H13BrN2O. The monoisotopic (exact) mass is 256 g/mol. The Morgan fingerprint density at radius 3 is 2.36 bits per heavy atom. The zero-order chi connectivity index (χ0) is 10.7. The van der Waals surface area contributed by atoms with Crippen LogP contribution < -0.4 is 11.1 Å². The van der Waals surface area contributed by atoms with Crippen molar-refractivity contribution in [1.29, 1.82) is 0 Å². The number of nitrogens with one attached hydrogen (secondary N) is 1. The van der Waals surface area contributed by atoms with Crippen molar-refractivity contribution in [2.75, 3.05) is 11.9 Å². The number of carbonyl (C=O) groups is 1. The van der Waals surface area contributed by atoms with Gasteiger partial charge >= 0.3 is 0 Å². The molecule has 14 heavy (non-hydrogen) atoms. The van der Waals surface area contributed by atoms with Gasteiger partial charge < -0.3 is 11.1 Å². The van der Waals surface area contributed by atoms with Crippen molar-refractivity contribution in [3.63, 3.8) is 0 Å². The average Bonchev–Trinajstić information content (AvgIpc) is 2.10. The number of carbonyl (C=O) groups excluding carboxylic acids is 1. The molecule has 76 valence electrons. The lowest BCUT2D eigenvalue weighted by Gasteiger charge is -2.08. The fraction of sp³-hybridized carbons (Fsp3) is 0.300. The van der Waals surface area contributed by atoms with Crippen molar-refractivity contribution >= 4 is 27.5 Å². The normalized spacial score (nSPS) is 9.93. The molecule has 3 nitrogen and oxygen atoms in total. The summed E-state index contributed by atoms with van der Waals surface area (Å²) in [5.41, 5.74) is 8.23. The first-order valence-corrected chi connectivity index (χ1v) is 5.09. The van der Waals surface area contributed by atoms with Crippen LogP contribution in [0.1, 0.15) is 11.1 Å². The Labute approximate surface area is 91.8 Å². The van der Waals surface area contributed by atoms with E-state index in [1.165, 1.54) is 0 Å². The minimum atomic E-state index is -0.358. The maximum Gasteiger partial charge on any atom is 0.236 e. The Morgan fingerprint density at radius 2 is 1.93 bits per heavy atom. The molecular weight excluding hydrogens is 244 g/mol. The van der Waals surface area contributed by atoms with Gasteiger partial charge in [-0.15, -0.1) is 0 Å². The molecule has 4 heteroatoms. The highest BCUT2D eigenvalue weighted by Gasteiger charge is 2.02. The van der Waals surface area contributed by atoms with E-state index in [1.54, 1.807) is 0 Å². The summed E-state index contributed by atoms with van der Waals surface area (Å²) in [7, 11) is 0. The number of amides is 1. The summed E-state index contributed by atoms with van der Waals surface area (Å²) in [6.07, 6.45) is 0. The standard InChI is InChI=1S/C10H13BrN2O/c1-6-3-8(13-5-9(12)14)4-7(2)10(6)11/h3-4,13H,5H2,1-2H3,(H2,12,14). The van der Waals surface area contributed by atoms with Gasteiger partial charge in [0.05, 0.1) is 6.54 Å². The van der Waals surface area contributed by atoms with Gasteiger partial charge in [0.2, 0.25) is 5.91 Å². The van der Waals surface area contributed by atoms with Crippen LogP contribution in [0.25, 0.3) is 0 Å². The number of hydrogen-bond acceptors (Lipinski definition) is 2. The molecule has 0 unspecified atom stereocenters. The summed E-state index contributed by atoms with van der Waals surface area (Å²) in [6.45, 7) is 4.18. The highest BCUT2D eigenvalue weighted by Crippen LogP contribution is 2.24. The van der Waals surface area contributed by atoms with Crippen molar-refractivity contribution in [1.82, 2.24) is 0 Å². The third-order valence-corrected chi connectivity index (χ3v) is 3.15. The summed E-state index contributed by atoms with van der Waals surface area (Å²) in [5.74, 6) is -0.358. The first-order valence-electron chi connectivity index (χ1n) is 4.29. The Hall–Kier alpha value is -1.03. The average molecular weight is 257 g/mol. The van der Waals surface area contributed by atoms with Gasteiger partial charge in [-0.05, 0) is 37.1 Å². The van der Waals surface area contributed by atoms with Crippen molar-refractivity contribution in [2.24, 2.45) is 5.73 Å². The molecule has 0 bridgehead atoms. The second-order valence-electron chi connectivity index (χ2n) is 3.24. The Balaban J connectivity index is 2.84. The molecule has 1 rings (SSSR count). The number of primary amides is 1. The van der Waals surface area contributed by atoms with E-state index in [4.69, 9.17) is 5.73 Å². The molecule has 0 spiro atoms. The van der Waals surface area contributed by atoms with E-state index >= 15 is 0 Å². The van der Waals surface area contributed by atoms with E-state index in [2.05, 4.69) is 21.2 Å². The quantitative estimate of drug-likeness (QED) is 0.869. The number of rotatable bonds is 3. The number of nitrogens with two attached hydrogens (primary N) is 1. The predicted octanol–water partition coefficient (Wildman–Crippen LogP) is 1.96. The topological polar surface area (TPSA) is 55.1 Å². The highest BCUT2D eigenvalue weighted by molar-refractivity contribution is 9.10. The van der Waals surface area contributed by atoms with Crippen LogP contribution in [0.15, 0.2) is 16.6 Å². The van der Waals surface area contributed by atoms with Gasteiger partial charge in [0, 0.05) is 10.2 Å². The molecule has 1 amide bonds. The van der Waals surface area contributed by atoms with Gasteiger partial charge in [0.25, 0.3) is 0 Å². The third kappa shape index (κ3) is 2.73. The smallest absolute Gasteiger partial charge is 0.236 e. The Morgan fingerprint density at radius 1 is 1.43 bits per heavy atom. The van der Waals surface area contributed by atoms with Crippen LogP contribution >= 0.6 is 15.9 Å². The number of hydrogen-bond donors (Lipinski definition) is 2. The van der Waals surface area contributed by atoms with Gasteiger partial charge in [-0.3, -0.25) is 4.79 Å². The molecule has 3 N–H and O–H groups in total. The van der Waals surface area contributed by atoms with Crippen molar-refractivity contribution in [3.05, 3.63) is 27.7 Å². The van der Waals surface area contributed by atoms with E-state index in [9.17, 15) is 4.79 Å². The summed E-state index contributed by atoms with van der Waals surface area (Å²) in [5, 5.41) is 2.96. The summed E-state index contributed by atoms with van der Waals surface area (Å²) >= 11 is 3.47. The Bertz CT molecular complexity index is 340. The lowest BCUT2D eigenvalue weighted by molar-refractivity contribution is -0.116. The minimum Gasteiger partial charge on any atom is -0.376 e. The lowest BCUT2D eigenvalue weighted by Crippen LogP contribution is -2.21. The first kappa shape index (κ1) is 11.0.